The lowest BCUT2D eigenvalue weighted by Crippen LogP contribution is -2.29. The molecule has 0 spiro atoms. The highest BCUT2D eigenvalue weighted by Crippen LogP contribution is 2.16. The van der Waals surface area contributed by atoms with Crippen LogP contribution in [0.4, 0.5) is 0 Å². The zero-order valence-corrected chi connectivity index (χ0v) is 7.74. The van der Waals surface area contributed by atoms with E-state index in [1.54, 1.807) is 0 Å². The zero-order valence-electron chi connectivity index (χ0n) is 7.74. The van der Waals surface area contributed by atoms with Gasteiger partial charge >= 0.3 is 5.97 Å². The summed E-state index contributed by atoms with van der Waals surface area (Å²) < 4.78 is 4.57. The predicted octanol–water partition coefficient (Wildman–Crippen LogP) is 0.574. The van der Waals surface area contributed by atoms with Crippen LogP contribution >= 0.6 is 0 Å². The predicted molar refractivity (Wildman–Crippen MR) is 43.3 cm³/mol. The fourth-order valence-electron chi connectivity index (χ4n) is 1.19. The first-order valence-corrected chi connectivity index (χ1v) is 4.16. The van der Waals surface area contributed by atoms with E-state index in [1.165, 1.54) is 7.11 Å². The number of hydrogen-bond donors (Lipinski definition) is 0. The largest absolute Gasteiger partial charge is 0.467 e. The lowest BCUT2D eigenvalue weighted by molar-refractivity contribution is -0.189. The Labute approximate surface area is 72.4 Å². The van der Waals surface area contributed by atoms with E-state index in [1.807, 2.05) is 18.9 Å². The van der Waals surface area contributed by atoms with Gasteiger partial charge in [-0.25, -0.2) is 4.79 Å². The minimum atomic E-state index is -0.391. The number of ether oxygens (including phenoxy) is 1. The molecule has 0 N–H and O–H groups in total. The van der Waals surface area contributed by atoms with E-state index in [0.717, 1.165) is 13.0 Å². The Kier molecular flexibility index (Phi) is 3.05. The van der Waals surface area contributed by atoms with Crippen LogP contribution in [0.3, 0.4) is 0 Å². The van der Waals surface area contributed by atoms with Gasteiger partial charge in [-0.1, -0.05) is 0 Å². The molecule has 0 saturated carbocycles. The van der Waals surface area contributed by atoms with Crippen LogP contribution in [0.15, 0.2) is 0 Å². The second-order valence-electron chi connectivity index (χ2n) is 3.14. The van der Waals surface area contributed by atoms with Gasteiger partial charge in [0.1, 0.15) is 0 Å². The van der Waals surface area contributed by atoms with Crippen LogP contribution in [0.25, 0.3) is 0 Å². The van der Waals surface area contributed by atoms with Crippen molar-refractivity contribution in [3.63, 3.8) is 0 Å². The third-order valence-corrected chi connectivity index (χ3v) is 1.91. The molecular formula is C8H15NO3. The van der Waals surface area contributed by atoms with Crippen molar-refractivity contribution < 1.29 is 14.4 Å². The maximum atomic E-state index is 11.0. The third-order valence-electron chi connectivity index (χ3n) is 1.91. The van der Waals surface area contributed by atoms with Gasteiger partial charge in [0.25, 0.3) is 0 Å². The van der Waals surface area contributed by atoms with E-state index in [-0.39, 0.29) is 5.97 Å². The number of methoxy groups -OCH3 is 1. The number of carbonyl (C=O) groups is 1. The molecule has 4 nitrogen and oxygen atoms in total. The summed E-state index contributed by atoms with van der Waals surface area (Å²) in [7, 11) is 1.38. The molecule has 0 aliphatic carbocycles. The summed E-state index contributed by atoms with van der Waals surface area (Å²) in [5, 5.41) is 1.81. The number of carbonyl (C=O) groups excluding carboxylic acids is 1. The van der Waals surface area contributed by atoms with Gasteiger partial charge in [-0.15, -0.1) is 0 Å². The number of nitrogens with zero attached hydrogens (tertiary/aromatic N) is 1. The lowest BCUT2D eigenvalue weighted by Gasteiger charge is -2.18. The summed E-state index contributed by atoms with van der Waals surface area (Å²) in [6, 6.07) is 0.319. The first-order chi connectivity index (χ1) is 5.65. The van der Waals surface area contributed by atoms with Gasteiger partial charge in [0.2, 0.25) is 0 Å². The molecular weight excluding hydrogens is 158 g/mol. The van der Waals surface area contributed by atoms with Crippen LogP contribution in [0, 0.1) is 0 Å². The summed E-state index contributed by atoms with van der Waals surface area (Å²) in [4.78, 5) is 16.3. The molecule has 4 heteroatoms. The first-order valence-electron chi connectivity index (χ1n) is 4.16. The molecule has 1 aliphatic rings. The topological polar surface area (TPSA) is 38.8 Å². The van der Waals surface area contributed by atoms with Crippen molar-refractivity contribution in [2.45, 2.75) is 32.4 Å². The molecule has 12 heavy (non-hydrogen) atoms. The van der Waals surface area contributed by atoms with Crippen molar-refractivity contribution in [2.24, 2.45) is 0 Å². The van der Waals surface area contributed by atoms with Gasteiger partial charge in [-0.3, -0.25) is 4.84 Å². The average Bonchev–Trinajstić information content (AvgIpc) is 2.51. The van der Waals surface area contributed by atoms with E-state index < -0.39 is 6.10 Å². The van der Waals surface area contributed by atoms with Crippen molar-refractivity contribution >= 4 is 5.97 Å². The van der Waals surface area contributed by atoms with E-state index in [9.17, 15) is 4.79 Å². The number of hydroxylamine groups is 2. The van der Waals surface area contributed by atoms with Crippen LogP contribution in [-0.4, -0.2) is 36.8 Å². The Bertz CT molecular complexity index is 170. The smallest absolute Gasteiger partial charge is 0.337 e. The maximum Gasteiger partial charge on any atom is 0.337 e. The Morgan fingerprint density at radius 1 is 1.67 bits per heavy atom. The second-order valence-corrected chi connectivity index (χ2v) is 3.14. The summed E-state index contributed by atoms with van der Waals surface area (Å²) >= 11 is 0. The molecule has 1 saturated heterocycles. The molecule has 70 valence electrons. The highest BCUT2D eigenvalue weighted by Gasteiger charge is 2.31. The standard InChI is InChI=1S/C8H15NO3/c1-6(2)9-5-4-7(12-9)8(10)11-3/h6-7H,4-5H2,1-3H3. The molecule has 0 bridgehead atoms. The molecule has 0 aromatic rings. The second kappa shape index (κ2) is 3.87. The van der Waals surface area contributed by atoms with Crippen LogP contribution < -0.4 is 0 Å². The van der Waals surface area contributed by atoms with E-state index in [0.29, 0.717) is 6.04 Å². The van der Waals surface area contributed by atoms with Gasteiger partial charge in [0.05, 0.1) is 7.11 Å². The van der Waals surface area contributed by atoms with Gasteiger partial charge in [0.15, 0.2) is 6.10 Å². The molecule has 1 unspecified atom stereocenters. The fourth-order valence-corrected chi connectivity index (χ4v) is 1.19. The fraction of sp³-hybridized carbons (Fsp3) is 0.875. The molecule has 0 amide bonds. The highest BCUT2D eigenvalue weighted by atomic mass is 16.7. The van der Waals surface area contributed by atoms with Crippen LogP contribution in [0.1, 0.15) is 20.3 Å². The van der Waals surface area contributed by atoms with Crippen LogP contribution in [0.5, 0.6) is 0 Å². The van der Waals surface area contributed by atoms with Crippen LogP contribution in [-0.2, 0) is 14.4 Å². The highest BCUT2D eigenvalue weighted by molar-refractivity contribution is 5.74. The average molecular weight is 173 g/mol. The van der Waals surface area contributed by atoms with E-state index >= 15 is 0 Å². The molecule has 0 aromatic carbocycles. The van der Waals surface area contributed by atoms with E-state index in [2.05, 4.69) is 4.74 Å². The minimum absolute atomic E-state index is 0.279. The van der Waals surface area contributed by atoms with Crippen molar-refractivity contribution in [1.29, 1.82) is 0 Å². The molecule has 0 radical (unpaired) electrons. The third kappa shape index (κ3) is 1.95. The lowest BCUT2D eigenvalue weighted by atomic mass is 10.2. The van der Waals surface area contributed by atoms with Gasteiger partial charge in [-0.2, -0.15) is 5.06 Å². The zero-order chi connectivity index (χ0) is 9.14. The van der Waals surface area contributed by atoms with Crippen molar-refractivity contribution in [3.05, 3.63) is 0 Å². The summed E-state index contributed by atoms with van der Waals surface area (Å²) in [6.07, 6.45) is 0.336. The molecule has 1 atom stereocenters. The van der Waals surface area contributed by atoms with Gasteiger partial charge < -0.3 is 4.74 Å². The summed E-state index contributed by atoms with van der Waals surface area (Å²) in [5.74, 6) is -0.279. The Morgan fingerprint density at radius 3 is 2.75 bits per heavy atom. The van der Waals surface area contributed by atoms with E-state index in [4.69, 9.17) is 4.84 Å². The number of esters is 1. The van der Waals surface area contributed by atoms with Crippen molar-refractivity contribution in [3.8, 4) is 0 Å². The molecule has 1 heterocycles. The summed E-state index contributed by atoms with van der Waals surface area (Å²) in [6.45, 7) is 4.86. The van der Waals surface area contributed by atoms with Crippen molar-refractivity contribution in [1.82, 2.24) is 5.06 Å². The first kappa shape index (κ1) is 9.48. The molecule has 1 rings (SSSR count). The minimum Gasteiger partial charge on any atom is -0.467 e. The van der Waals surface area contributed by atoms with Gasteiger partial charge in [-0.05, 0) is 13.8 Å². The maximum absolute atomic E-state index is 11.0. The van der Waals surface area contributed by atoms with Crippen LogP contribution in [0.2, 0.25) is 0 Å². The monoisotopic (exact) mass is 173 g/mol. The Balaban J connectivity index is 2.40. The van der Waals surface area contributed by atoms with Crippen molar-refractivity contribution in [2.75, 3.05) is 13.7 Å². The number of rotatable bonds is 2. The normalized spacial score (nSPS) is 24.8. The molecule has 1 fully saturated rings. The quantitative estimate of drug-likeness (QED) is 0.572. The number of hydrogen-bond acceptors (Lipinski definition) is 4. The summed E-state index contributed by atoms with van der Waals surface area (Å²) in [5.41, 5.74) is 0. The molecule has 0 aromatic heterocycles. The Hall–Kier alpha value is -0.610. The van der Waals surface area contributed by atoms with Gasteiger partial charge in [0, 0.05) is 19.0 Å². The Morgan fingerprint density at radius 2 is 2.33 bits per heavy atom. The molecule has 1 aliphatic heterocycles. The SMILES string of the molecule is COC(=O)C1CCN(C(C)C)O1.